The molecule has 0 aromatic heterocycles. The monoisotopic (exact) mass is 300 g/mol. The van der Waals surface area contributed by atoms with Crippen LogP contribution in [0.2, 0.25) is 0 Å². The predicted octanol–water partition coefficient (Wildman–Crippen LogP) is 3.51. The summed E-state index contributed by atoms with van der Waals surface area (Å²) in [5.74, 6) is -0.342. The van der Waals surface area contributed by atoms with E-state index in [1.165, 1.54) is 13.2 Å². The molecule has 15 heavy (non-hydrogen) atoms. The van der Waals surface area contributed by atoms with Crippen LogP contribution in [0.3, 0.4) is 0 Å². The molecule has 0 heterocycles. The van der Waals surface area contributed by atoms with E-state index < -0.39 is 0 Å². The van der Waals surface area contributed by atoms with Crippen LogP contribution >= 0.6 is 21.7 Å². The molecular formula is C9H10ClFO2SZn. The molecule has 2 nitrogen and oxygen atoms in total. The fourth-order valence-corrected chi connectivity index (χ4v) is 1.42. The first-order valence-electron chi connectivity index (χ1n) is 3.98. The molecule has 0 amide bonds. The van der Waals surface area contributed by atoms with Crippen molar-refractivity contribution in [3.05, 3.63) is 29.1 Å². The summed E-state index contributed by atoms with van der Waals surface area (Å²) in [6, 6.07) is 4.10. The average Bonchev–Trinajstić information content (AvgIpc) is 2.27. The van der Waals surface area contributed by atoms with Gasteiger partial charge in [-0.05, 0) is 4.90 Å². The van der Waals surface area contributed by atoms with E-state index in [-0.39, 0.29) is 5.82 Å². The van der Waals surface area contributed by atoms with Gasteiger partial charge in [-0.3, -0.25) is 4.39 Å². The van der Waals surface area contributed by atoms with Gasteiger partial charge in [0.15, 0.2) is 0 Å². The Morgan fingerprint density at radius 1 is 1.47 bits per heavy atom. The molecule has 0 saturated carbocycles. The van der Waals surface area contributed by atoms with Crippen molar-refractivity contribution in [3.63, 3.8) is 0 Å². The van der Waals surface area contributed by atoms with Crippen LogP contribution in [0.4, 0.5) is 4.39 Å². The maximum atomic E-state index is 13.2. The minimum atomic E-state index is -0.342. The fourth-order valence-electron chi connectivity index (χ4n) is 0.865. The quantitative estimate of drug-likeness (QED) is 0.280. The third-order valence-electron chi connectivity index (χ3n) is 1.72. The molecule has 0 unspecified atom stereocenters. The summed E-state index contributed by atoms with van der Waals surface area (Å²) in [5.41, 5.74) is 1.73. The number of rotatable bonds is 3. The first-order chi connectivity index (χ1) is 7.16. The summed E-state index contributed by atoms with van der Waals surface area (Å²) >= 11 is 1.72. The third-order valence-corrected chi connectivity index (χ3v) is 2.59. The topological polar surface area (TPSA) is 18.5 Å². The van der Waals surface area contributed by atoms with Crippen molar-refractivity contribution >= 4 is 21.7 Å². The Balaban J connectivity index is 0.000000921. The van der Waals surface area contributed by atoms with Gasteiger partial charge in [-0.1, -0.05) is 13.8 Å². The number of halogens is 2. The van der Waals surface area contributed by atoms with Gasteiger partial charge in [-0.15, -0.1) is 11.6 Å². The minimum absolute atomic E-state index is 0.342. The first-order valence-corrected chi connectivity index (χ1v) is 8.62. The summed E-state index contributed by atoms with van der Waals surface area (Å²) < 4.78 is 17.8. The number of aryl methyl sites for hydroxylation is 1. The summed E-state index contributed by atoms with van der Waals surface area (Å²) in [6.45, 7) is 3.68. The van der Waals surface area contributed by atoms with E-state index in [9.17, 15) is 4.39 Å². The zero-order chi connectivity index (χ0) is 11.8. The van der Waals surface area contributed by atoms with Crippen LogP contribution in [-0.4, -0.2) is 7.11 Å². The molecule has 0 fully saturated rings. The van der Waals surface area contributed by atoms with Crippen LogP contribution in [0.25, 0.3) is 0 Å². The Bertz CT molecular complexity index is 312. The summed E-state index contributed by atoms with van der Waals surface area (Å²) in [7, 11) is 6.14. The SMILES string of the molecule is COOSc1c(F)c[c-]c(C)c1C.[Cl][Zn+]. The molecule has 0 N–H and O–H groups in total. The van der Waals surface area contributed by atoms with E-state index in [1.54, 1.807) is 0 Å². The zero-order valence-electron chi connectivity index (χ0n) is 8.77. The number of hydrogen-bond acceptors (Lipinski definition) is 3. The van der Waals surface area contributed by atoms with E-state index in [4.69, 9.17) is 9.69 Å². The van der Waals surface area contributed by atoms with E-state index in [0.29, 0.717) is 4.90 Å². The van der Waals surface area contributed by atoms with Crippen molar-refractivity contribution in [2.75, 3.05) is 7.11 Å². The maximum absolute atomic E-state index is 13.2. The van der Waals surface area contributed by atoms with Gasteiger partial charge in [0.1, 0.15) is 0 Å². The molecule has 80 valence electrons. The van der Waals surface area contributed by atoms with Gasteiger partial charge < -0.3 is 0 Å². The molecular weight excluding hydrogens is 292 g/mol. The normalized spacial score (nSPS) is 9.53. The Hall–Kier alpha value is 0.333. The van der Waals surface area contributed by atoms with Crippen LogP contribution in [0.1, 0.15) is 11.1 Å². The van der Waals surface area contributed by atoms with Crippen LogP contribution in [0.15, 0.2) is 11.0 Å². The molecule has 0 bridgehead atoms. The van der Waals surface area contributed by atoms with Gasteiger partial charge in [0, 0.05) is 17.9 Å². The predicted molar refractivity (Wildman–Crippen MR) is 54.5 cm³/mol. The van der Waals surface area contributed by atoms with Crippen LogP contribution in [-0.2, 0) is 26.5 Å². The molecule has 0 radical (unpaired) electrons. The van der Waals surface area contributed by atoms with Gasteiger partial charge in [0.2, 0.25) is 0 Å². The van der Waals surface area contributed by atoms with Crippen molar-refractivity contribution in [1.29, 1.82) is 0 Å². The number of hydrogen-bond donors (Lipinski definition) is 0. The second-order valence-electron chi connectivity index (χ2n) is 2.53. The summed E-state index contributed by atoms with van der Waals surface area (Å²) in [5, 5.41) is 0. The molecule has 0 aliphatic rings. The zero-order valence-corrected chi connectivity index (χ0v) is 13.3. The molecule has 6 heteroatoms. The first kappa shape index (κ1) is 15.3. The molecule has 0 saturated heterocycles. The Kier molecular flexibility index (Phi) is 8.67. The summed E-state index contributed by atoms with van der Waals surface area (Å²) in [6.07, 6.45) is 0. The van der Waals surface area contributed by atoms with Gasteiger partial charge >= 0.3 is 27.0 Å². The average molecular weight is 302 g/mol. The van der Waals surface area contributed by atoms with Crippen molar-refractivity contribution in [1.82, 2.24) is 0 Å². The van der Waals surface area contributed by atoms with Crippen LogP contribution in [0.5, 0.6) is 0 Å². The van der Waals surface area contributed by atoms with Crippen molar-refractivity contribution in [3.8, 4) is 0 Å². The molecule has 0 aliphatic heterocycles. The van der Waals surface area contributed by atoms with Gasteiger partial charge in [-0.25, -0.2) is 4.89 Å². The van der Waals surface area contributed by atoms with E-state index in [1.807, 2.05) is 13.8 Å². The van der Waals surface area contributed by atoms with Gasteiger partial charge in [-0.2, -0.15) is 16.0 Å². The molecule has 1 rings (SSSR count). The van der Waals surface area contributed by atoms with Gasteiger partial charge in [0.25, 0.3) is 0 Å². The van der Waals surface area contributed by atoms with E-state index in [2.05, 4.69) is 15.3 Å². The third kappa shape index (κ3) is 4.79. The van der Waals surface area contributed by atoms with Crippen molar-refractivity contribution < 1.29 is 30.9 Å². The molecule has 1 aromatic rings. The Morgan fingerprint density at radius 2 is 2.07 bits per heavy atom. The Labute approximate surface area is 107 Å². The molecule has 1 aromatic carbocycles. The fraction of sp³-hybridized carbons (Fsp3) is 0.333. The Morgan fingerprint density at radius 3 is 2.60 bits per heavy atom. The standard InChI is InChI=1S/C9H10FO2S.ClH.Zn/c1-6-4-5-8(10)9(7(6)2)13-12-11-3;;/h5H,1-3H3;1H;/q-1;;+2/p-1. The van der Waals surface area contributed by atoms with Crippen LogP contribution in [0, 0.1) is 25.7 Å². The second-order valence-corrected chi connectivity index (χ2v) is 3.24. The molecule has 0 atom stereocenters. The van der Waals surface area contributed by atoms with E-state index in [0.717, 1.165) is 40.5 Å². The number of benzene rings is 1. The van der Waals surface area contributed by atoms with Crippen LogP contribution < -0.4 is 0 Å². The summed E-state index contributed by atoms with van der Waals surface area (Å²) in [4.78, 5) is 4.82. The van der Waals surface area contributed by atoms with Gasteiger partial charge in [0.05, 0.1) is 7.11 Å². The molecule has 0 aliphatic carbocycles. The second kappa shape index (κ2) is 8.48. The molecule has 0 spiro atoms. The van der Waals surface area contributed by atoms with E-state index >= 15 is 0 Å². The van der Waals surface area contributed by atoms with Crippen molar-refractivity contribution in [2.45, 2.75) is 18.7 Å². The van der Waals surface area contributed by atoms with Crippen molar-refractivity contribution in [2.24, 2.45) is 0 Å².